The molecule has 0 bridgehead atoms. The van der Waals surface area contributed by atoms with Gasteiger partial charge >= 0.3 is 0 Å². The molecule has 4 aliphatic rings. The third-order valence-electron chi connectivity index (χ3n) is 7.55. The van der Waals surface area contributed by atoms with Gasteiger partial charge in [0, 0.05) is 44.3 Å². The Balaban J connectivity index is 1.46. The van der Waals surface area contributed by atoms with Crippen LogP contribution in [-0.4, -0.2) is 86.9 Å². The summed E-state index contributed by atoms with van der Waals surface area (Å²) in [5, 5.41) is 3.22. The number of hydrogen-bond acceptors (Lipinski definition) is 6. The highest BCUT2D eigenvalue weighted by Gasteiger charge is 2.51. The standard InChI is InChI=1S/C19H36N4O3S/c20-18-15-21-8-7-19(18,16-3-1-2-4-16)22-9-5-17(6-10-22)27(24,25)23-11-13-26-14-12-23/h16-18,21H,1-15,20H2. The van der Waals surface area contributed by atoms with E-state index >= 15 is 0 Å². The fourth-order valence-electron chi connectivity index (χ4n) is 6.07. The van der Waals surface area contributed by atoms with Crippen molar-refractivity contribution in [3.05, 3.63) is 0 Å². The van der Waals surface area contributed by atoms with Crippen LogP contribution in [0, 0.1) is 5.92 Å². The van der Waals surface area contributed by atoms with Gasteiger partial charge in [-0.25, -0.2) is 8.42 Å². The number of hydrogen-bond donors (Lipinski definition) is 2. The Labute approximate surface area is 164 Å². The minimum absolute atomic E-state index is 0.0649. The lowest BCUT2D eigenvalue weighted by Gasteiger charge is -2.56. The Hall–Kier alpha value is -0.250. The van der Waals surface area contributed by atoms with Crippen LogP contribution < -0.4 is 11.1 Å². The lowest BCUT2D eigenvalue weighted by Crippen LogP contribution is -2.71. The van der Waals surface area contributed by atoms with Crippen molar-refractivity contribution in [1.29, 1.82) is 0 Å². The molecule has 27 heavy (non-hydrogen) atoms. The fraction of sp³-hybridized carbons (Fsp3) is 1.00. The average Bonchev–Trinajstić information content (AvgIpc) is 3.24. The Morgan fingerprint density at radius 2 is 1.67 bits per heavy atom. The molecule has 156 valence electrons. The van der Waals surface area contributed by atoms with Crippen LogP contribution in [0.2, 0.25) is 0 Å². The molecule has 0 aromatic heterocycles. The smallest absolute Gasteiger partial charge is 0.217 e. The predicted octanol–water partition coefficient (Wildman–Crippen LogP) is 0.362. The number of ether oxygens (including phenoxy) is 1. The molecule has 3 N–H and O–H groups in total. The Morgan fingerprint density at radius 1 is 1.00 bits per heavy atom. The molecule has 4 rings (SSSR count). The van der Waals surface area contributed by atoms with Gasteiger partial charge in [0.25, 0.3) is 0 Å². The van der Waals surface area contributed by atoms with E-state index in [4.69, 9.17) is 10.5 Å². The first-order valence-electron chi connectivity index (χ1n) is 10.8. The largest absolute Gasteiger partial charge is 0.379 e. The van der Waals surface area contributed by atoms with Gasteiger partial charge in [0.1, 0.15) is 0 Å². The molecule has 0 aromatic carbocycles. The van der Waals surface area contributed by atoms with E-state index < -0.39 is 10.0 Å². The van der Waals surface area contributed by atoms with E-state index in [9.17, 15) is 8.42 Å². The molecule has 1 saturated carbocycles. The molecule has 7 nitrogen and oxygen atoms in total. The van der Waals surface area contributed by atoms with Crippen LogP contribution in [-0.2, 0) is 14.8 Å². The van der Waals surface area contributed by atoms with E-state index in [0.29, 0.717) is 32.2 Å². The van der Waals surface area contributed by atoms with E-state index in [-0.39, 0.29) is 16.8 Å². The number of nitrogens with two attached hydrogens (primary N) is 1. The van der Waals surface area contributed by atoms with Gasteiger partial charge in [0.2, 0.25) is 10.0 Å². The minimum Gasteiger partial charge on any atom is -0.379 e. The Kier molecular flexibility index (Phi) is 6.12. The molecule has 2 atom stereocenters. The van der Waals surface area contributed by atoms with Gasteiger partial charge < -0.3 is 15.8 Å². The Morgan fingerprint density at radius 3 is 2.30 bits per heavy atom. The van der Waals surface area contributed by atoms with Crippen molar-refractivity contribution in [2.24, 2.45) is 11.7 Å². The summed E-state index contributed by atoms with van der Waals surface area (Å²) in [5.74, 6) is 0.669. The number of nitrogens with zero attached hydrogens (tertiary/aromatic N) is 2. The normalized spacial score (nSPS) is 36.3. The van der Waals surface area contributed by atoms with E-state index in [1.807, 2.05) is 0 Å². The van der Waals surface area contributed by atoms with Crippen molar-refractivity contribution in [2.45, 2.75) is 61.8 Å². The van der Waals surface area contributed by atoms with Gasteiger partial charge in [0.05, 0.1) is 18.5 Å². The average molecular weight is 401 g/mol. The maximum Gasteiger partial charge on any atom is 0.217 e. The van der Waals surface area contributed by atoms with Crippen molar-refractivity contribution in [3.63, 3.8) is 0 Å². The summed E-state index contributed by atoms with van der Waals surface area (Å²) in [4.78, 5) is 2.60. The van der Waals surface area contributed by atoms with Crippen molar-refractivity contribution < 1.29 is 13.2 Å². The molecule has 3 aliphatic heterocycles. The van der Waals surface area contributed by atoms with E-state index in [2.05, 4.69) is 10.2 Å². The van der Waals surface area contributed by atoms with Crippen LogP contribution in [0.4, 0.5) is 0 Å². The van der Waals surface area contributed by atoms with Gasteiger partial charge in [-0.2, -0.15) is 4.31 Å². The summed E-state index contributed by atoms with van der Waals surface area (Å²) in [6.45, 7) is 5.67. The number of rotatable bonds is 4. The summed E-state index contributed by atoms with van der Waals surface area (Å²) in [5.41, 5.74) is 6.78. The predicted molar refractivity (Wildman–Crippen MR) is 106 cm³/mol. The van der Waals surface area contributed by atoms with Crippen LogP contribution in [0.25, 0.3) is 0 Å². The highest BCUT2D eigenvalue weighted by molar-refractivity contribution is 7.89. The van der Waals surface area contributed by atoms with E-state index in [1.165, 1.54) is 25.7 Å². The summed E-state index contributed by atoms with van der Waals surface area (Å²) < 4.78 is 33.1. The molecule has 3 heterocycles. The Bertz CT molecular complexity index is 596. The van der Waals surface area contributed by atoms with Crippen LogP contribution in [0.3, 0.4) is 0 Å². The minimum atomic E-state index is -3.21. The molecule has 0 radical (unpaired) electrons. The monoisotopic (exact) mass is 400 g/mol. The second-order valence-electron chi connectivity index (χ2n) is 8.78. The molecule has 2 unspecified atom stereocenters. The molecule has 0 amide bonds. The van der Waals surface area contributed by atoms with E-state index in [1.54, 1.807) is 4.31 Å². The van der Waals surface area contributed by atoms with Gasteiger partial charge in [-0.15, -0.1) is 0 Å². The van der Waals surface area contributed by atoms with Gasteiger partial charge in [0.15, 0.2) is 0 Å². The van der Waals surface area contributed by atoms with Crippen LogP contribution in [0.15, 0.2) is 0 Å². The van der Waals surface area contributed by atoms with Crippen molar-refractivity contribution in [2.75, 3.05) is 52.5 Å². The number of sulfonamides is 1. The summed E-state index contributed by atoms with van der Waals surface area (Å²) in [6, 6.07) is 0.141. The maximum absolute atomic E-state index is 13.0. The molecule has 8 heteroatoms. The fourth-order valence-corrected chi connectivity index (χ4v) is 7.96. The lowest BCUT2D eigenvalue weighted by molar-refractivity contribution is -0.0211. The van der Waals surface area contributed by atoms with Gasteiger partial charge in [-0.1, -0.05) is 12.8 Å². The van der Waals surface area contributed by atoms with Crippen LogP contribution in [0.5, 0.6) is 0 Å². The SMILES string of the molecule is NC1CNCCC1(C1CCCC1)N1CCC(S(=O)(=O)N2CCOCC2)CC1. The lowest BCUT2D eigenvalue weighted by atomic mass is 9.70. The van der Waals surface area contributed by atoms with Crippen LogP contribution in [0.1, 0.15) is 44.9 Å². The first-order chi connectivity index (χ1) is 13.0. The molecular weight excluding hydrogens is 364 g/mol. The molecular formula is C19H36N4O3S. The molecule has 3 saturated heterocycles. The zero-order valence-corrected chi connectivity index (χ0v) is 17.3. The van der Waals surface area contributed by atoms with E-state index in [0.717, 1.165) is 45.4 Å². The summed E-state index contributed by atoms with van der Waals surface area (Å²) in [7, 11) is -3.21. The third kappa shape index (κ3) is 3.69. The highest BCUT2D eigenvalue weighted by atomic mass is 32.2. The second kappa shape index (κ2) is 8.24. The van der Waals surface area contributed by atoms with Gasteiger partial charge in [-0.3, -0.25) is 4.90 Å². The van der Waals surface area contributed by atoms with Crippen LogP contribution >= 0.6 is 0 Å². The zero-order valence-electron chi connectivity index (χ0n) is 16.4. The zero-order chi connectivity index (χ0) is 18.9. The number of morpholine rings is 1. The number of piperidine rings is 2. The topological polar surface area (TPSA) is 87.9 Å². The maximum atomic E-state index is 13.0. The molecule has 0 aromatic rings. The molecule has 1 aliphatic carbocycles. The second-order valence-corrected chi connectivity index (χ2v) is 11.0. The summed E-state index contributed by atoms with van der Waals surface area (Å²) in [6.07, 6.45) is 7.74. The molecule has 0 spiro atoms. The van der Waals surface area contributed by atoms with Gasteiger partial charge in [-0.05, 0) is 44.6 Å². The summed E-state index contributed by atoms with van der Waals surface area (Å²) >= 11 is 0. The van der Waals surface area contributed by atoms with Crippen molar-refractivity contribution in [3.8, 4) is 0 Å². The highest BCUT2D eigenvalue weighted by Crippen LogP contribution is 2.44. The van der Waals surface area contributed by atoms with Crippen molar-refractivity contribution in [1.82, 2.24) is 14.5 Å². The van der Waals surface area contributed by atoms with Crippen molar-refractivity contribution >= 4 is 10.0 Å². The number of nitrogens with one attached hydrogen (secondary N) is 1. The molecule has 4 fully saturated rings. The first-order valence-corrected chi connectivity index (χ1v) is 12.3. The quantitative estimate of drug-likeness (QED) is 0.709. The number of likely N-dealkylation sites (tertiary alicyclic amines) is 1. The first kappa shape index (κ1) is 20.0. The third-order valence-corrected chi connectivity index (χ3v) is 9.95.